The van der Waals surface area contributed by atoms with Crippen LogP contribution in [0.2, 0.25) is 5.02 Å². The number of thiophene rings is 1. The van der Waals surface area contributed by atoms with Gasteiger partial charge < -0.3 is 19.2 Å². The predicted molar refractivity (Wildman–Crippen MR) is 101 cm³/mol. The molecule has 8 heteroatoms. The zero-order chi connectivity index (χ0) is 18.7. The Morgan fingerprint density at radius 2 is 2.08 bits per heavy atom. The lowest BCUT2D eigenvalue weighted by atomic mass is 10.2. The number of oxazole rings is 1. The van der Waals surface area contributed by atoms with Gasteiger partial charge in [0.2, 0.25) is 11.8 Å². The van der Waals surface area contributed by atoms with E-state index in [2.05, 4.69) is 10.3 Å². The second-order valence-electron chi connectivity index (χ2n) is 5.41. The van der Waals surface area contributed by atoms with Crippen LogP contribution in [0.25, 0.3) is 10.8 Å². The minimum atomic E-state index is -0.251. The van der Waals surface area contributed by atoms with Crippen LogP contribution in [0.15, 0.2) is 34.1 Å². The largest absolute Gasteiger partial charge is 0.495 e. The molecule has 0 saturated carbocycles. The van der Waals surface area contributed by atoms with Gasteiger partial charge in [0.25, 0.3) is 0 Å². The van der Waals surface area contributed by atoms with E-state index in [-0.39, 0.29) is 12.3 Å². The quantitative estimate of drug-likeness (QED) is 0.665. The standard InChI is InChI=1S/C18H17ClN2O4S/c1-10-12(21-18(25-10)16-5-4-6-26-16)8-17(22)20-13-7-11(19)14(23-2)9-15(13)24-3/h4-7,9H,8H2,1-3H3,(H,20,22). The van der Waals surface area contributed by atoms with Gasteiger partial charge in [-0.3, -0.25) is 4.79 Å². The van der Waals surface area contributed by atoms with E-state index in [0.717, 1.165) is 4.88 Å². The first kappa shape index (κ1) is 18.3. The van der Waals surface area contributed by atoms with Gasteiger partial charge in [-0.25, -0.2) is 4.98 Å². The van der Waals surface area contributed by atoms with Crippen molar-refractivity contribution in [2.75, 3.05) is 19.5 Å². The van der Waals surface area contributed by atoms with E-state index < -0.39 is 0 Å². The monoisotopic (exact) mass is 392 g/mol. The van der Waals surface area contributed by atoms with E-state index in [4.69, 9.17) is 25.5 Å². The number of aryl methyl sites for hydroxylation is 1. The van der Waals surface area contributed by atoms with E-state index in [9.17, 15) is 4.79 Å². The van der Waals surface area contributed by atoms with E-state index in [1.807, 2.05) is 17.5 Å². The number of anilines is 1. The summed E-state index contributed by atoms with van der Waals surface area (Å²) in [5, 5.41) is 5.11. The summed E-state index contributed by atoms with van der Waals surface area (Å²) in [4.78, 5) is 17.8. The number of halogens is 1. The third-order valence-electron chi connectivity index (χ3n) is 3.70. The molecule has 3 rings (SSSR count). The molecule has 1 N–H and O–H groups in total. The summed E-state index contributed by atoms with van der Waals surface area (Å²) < 4.78 is 16.1. The lowest BCUT2D eigenvalue weighted by Gasteiger charge is -2.12. The van der Waals surface area contributed by atoms with Gasteiger partial charge in [-0.1, -0.05) is 17.7 Å². The average Bonchev–Trinajstić information content (AvgIpc) is 3.25. The van der Waals surface area contributed by atoms with E-state index in [0.29, 0.717) is 39.6 Å². The van der Waals surface area contributed by atoms with Gasteiger partial charge in [-0.15, -0.1) is 11.3 Å². The Morgan fingerprint density at radius 1 is 1.31 bits per heavy atom. The molecular weight excluding hydrogens is 376 g/mol. The summed E-state index contributed by atoms with van der Waals surface area (Å²) in [6, 6.07) is 7.05. The Morgan fingerprint density at radius 3 is 2.73 bits per heavy atom. The van der Waals surface area contributed by atoms with Crippen LogP contribution in [-0.2, 0) is 11.2 Å². The Balaban J connectivity index is 1.77. The SMILES string of the molecule is COc1cc(OC)c(NC(=O)Cc2nc(-c3cccs3)oc2C)cc1Cl. The van der Waals surface area contributed by atoms with Gasteiger partial charge in [0, 0.05) is 6.07 Å². The van der Waals surface area contributed by atoms with Crippen molar-refractivity contribution in [2.24, 2.45) is 0 Å². The fourth-order valence-corrected chi connectivity index (χ4v) is 3.29. The Bertz CT molecular complexity index is 922. The lowest BCUT2D eigenvalue weighted by molar-refractivity contribution is -0.115. The molecule has 26 heavy (non-hydrogen) atoms. The zero-order valence-corrected chi connectivity index (χ0v) is 16.0. The summed E-state index contributed by atoms with van der Waals surface area (Å²) >= 11 is 7.66. The number of amides is 1. The molecule has 0 spiro atoms. The number of hydrogen-bond acceptors (Lipinski definition) is 6. The van der Waals surface area contributed by atoms with Crippen LogP contribution >= 0.6 is 22.9 Å². The number of benzene rings is 1. The summed E-state index contributed by atoms with van der Waals surface area (Å²) in [6.07, 6.45) is 0.0769. The molecule has 136 valence electrons. The molecule has 0 aliphatic heterocycles. The number of methoxy groups -OCH3 is 2. The third kappa shape index (κ3) is 3.84. The smallest absolute Gasteiger partial charge is 0.236 e. The maximum Gasteiger partial charge on any atom is 0.236 e. The van der Waals surface area contributed by atoms with Gasteiger partial charge in [0.15, 0.2) is 0 Å². The van der Waals surface area contributed by atoms with Gasteiger partial charge >= 0.3 is 0 Å². The molecule has 0 aliphatic carbocycles. The molecule has 6 nitrogen and oxygen atoms in total. The third-order valence-corrected chi connectivity index (χ3v) is 4.85. The molecular formula is C18H17ClN2O4S. The van der Waals surface area contributed by atoms with E-state index in [1.54, 1.807) is 19.1 Å². The van der Waals surface area contributed by atoms with Crippen LogP contribution in [0, 0.1) is 6.92 Å². The number of rotatable bonds is 6. The molecule has 1 aromatic carbocycles. The highest BCUT2D eigenvalue weighted by molar-refractivity contribution is 7.13. The second-order valence-corrected chi connectivity index (χ2v) is 6.77. The Hall–Kier alpha value is -2.51. The van der Waals surface area contributed by atoms with Crippen molar-refractivity contribution in [1.82, 2.24) is 4.98 Å². The molecule has 0 fully saturated rings. The lowest BCUT2D eigenvalue weighted by Crippen LogP contribution is -2.16. The number of ether oxygens (including phenoxy) is 2. The second kappa shape index (κ2) is 7.80. The predicted octanol–water partition coefficient (Wildman–Crippen LogP) is 4.56. The van der Waals surface area contributed by atoms with Crippen LogP contribution in [0.1, 0.15) is 11.5 Å². The molecule has 1 amide bonds. The maximum atomic E-state index is 12.4. The number of nitrogens with zero attached hydrogens (tertiary/aromatic N) is 1. The van der Waals surface area contributed by atoms with Crippen molar-refractivity contribution in [2.45, 2.75) is 13.3 Å². The molecule has 0 bridgehead atoms. The van der Waals surface area contributed by atoms with E-state index in [1.165, 1.54) is 25.6 Å². The highest BCUT2D eigenvalue weighted by atomic mass is 35.5. The fourth-order valence-electron chi connectivity index (χ4n) is 2.40. The Kier molecular flexibility index (Phi) is 5.49. The maximum absolute atomic E-state index is 12.4. The van der Waals surface area contributed by atoms with E-state index >= 15 is 0 Å². The molecule has 2 aromatic heterocycles. The fraction of sp³-hybridized carbons (Fsp3) is 0.222. The highest BCUT2D eigenvalue weighted by Crippen LogP contribution is 2.36. The normalized spacial score (nSPS) is 10.6. The molecule has 0 unspecified atom stereocenters. The number of aromatic nitrogens is 1. The van der Waals surface area contributed by atoms with Crippen molar-refractivity contribution in [3.05, 3.63) is 46.1 Å². The van der Waals surface area contributed by atoms with Crippen molar-refractivity contribution >= 4 is 34.5 Å². The van der Waals surface area contributed by atoms with Crippen molar-refractivity contribution in [3.8, 4) is 22.3 Å². The summed E-state index contributed by atoms with van der Waals surface area (Å²) in [5.41, 5.74) is 1.05. The first-order chi connectivity index (χ1) is 12.5. The van der Waals surface area contributed by atoms with Crippen molar-refractivity contribution < 1.29 is 18.7 Å². The number of nitrogens with one attached hydrogen (secondary N) is 1. The van der Waals surface area contributed by atoms with Crippen LogP contribution in [0.5, 0.6) is 11.5 Å². The molecule has 3 aromatic rings. The minimum Gasteiger partial charge on any atom is -0.495 e. The number of carbonyl (C=O) groups is 1. The molecule has 0 radical (unpaired) electrons. The van der Waals surface area contributed by atoms with Crippen LogP contribution in [0.3, 0.4) is 0 Å². The van der Waals surface area contributed by atoms with Gasteiger partial charge in [0.1, 0.15) is 17.3 Å². The molecule has 0 saturated heterocycles. The van der Waals surface area contributed by atoms with Gasteiger partial charge in [-0.05, 0) is 24.4 Å². The van der Waals surface area contributed by atoms with Crippen molar-refractivity contribution in [3.63, 3.8) is 0 Å². The average molecular weight is 393 g/mol. The Labute approximate surface area is 159 Å². The highest BCUT2D eigenvalue weighted by Gasteiger charge is 2.17. The van der Waals surface area contributed by atoms with Crippen LogP contribution < -0.4 is 14.8 Å². The minimum absolute atomic E-state index is 0.0769. The topological polar surface area (TPSA) is 73.6 Å². The molecule has 0 atom stereocenters. The first-order valence-corrected chi connectivity index (χ1v) is 8.99. The first-order valence-electron chi connectivity index (χ1n) is 7.73. The molecule has 2 heterocycles. The molecule has 0 aliphatic rings. The number of hydrogen-bond donors (Lipinski definition) is 1. The van der Waals surface area contributed by atoms with Gasteiger partial charge in [0.05, 0.1) is 41.9 Å². The summed E-state index contributed by atoms with van der Waals surface area (Å²) in [5.74, 6) is 1.80. The van der Waals surface area contributed by atoms with Crippen LogP contribution in [-0.4, -0.2) is 25.1 Å². The zero-order valence-electron chi connectivity index (χ0n) is 14.5. The summed E-state index contributed by atoms with van der Waals surface area (Å²) in [6.45, 7) is 1.79. The summed E-state index contributed by atoms with van der Waals surface area (Å²) in [7, 11) is 3.02. The number of carbonyl (C=O) groups excluding carboxylic acids is 1. The van der Waals surface area contributed by atoms with Crippen molar-refractivity contribution in [1.29, 1.82) is 0 Å². The van der Waals surface area contributed by atoms with Crippen LogP contribution in [0.4, 0.5) is 5.69 Å². The van der Waals surface area contributed by atoms with Gasteiger partial charge in [-0.2, -0.15) is 0 Å².